The Morgan fingerprint density at radius 1 is 1.33 bits per heavy atom. The summed E-state index contributed by atoms with van der Waals surface area (Å²) in [6.45, 7) is 11.3. The summed E-state index contributed by atoms with van der Waals surface area (Å²) in [4.78, 5) is 4.14. The van der Waals surface area contributed by atoms with Crippen molar-refractivity contribution in [1.82, 2.24) is 0 Å². The van der Waals surface area contributed by atoms with Gasteiger partial charge in [0.25, 0.3) is 0 Å². The second kappa shape index (κ2) is 9.06. The van der Waals surface area contributed by atoms with Gasteiger partial charge >= 0.3 is 0 Å². The van der Waals surface area contributed by atoms with E-state index in [1.165, 1.54) is 12.2 Å². The maximum absolute atomic E-state index is 13.9. The Morgan fingerprint density at radius 2 is 1.90 bits per heavy atom. The highest BCUT2D eigenvalue weighted by Crippen LogP contribution is 2.26. The third-order valence-corrected chi connectivity index (χ3v) is 2.79. The average Bonchev–Trinajstić information content (AvgIpc) is 2.47. The van der Waals surface area contributed by atoms with Crippen LogP contribution >= 0.6 is 0 Å². The van der Waals surface area contributed by atoms with Gasteiger partial charge in [0.05, 0.1) is 6.26 Å². The molecule has 0 spiro atoms. The molecule has 21 heavy (non-hydrogen) atoms. The fraction of sp³-hybridized carbons (Fsp3) is 0.353. The number of halogens is 2. The molecule has 0 aliphatic rings. The van der Waals surface area contributed by atoms with Crippen LogP contribution < -0.4 is 0 Å². The van der Waals surface area contributed by atoms with E-state index in [0.29, 0.717) is 16.8 Å². The molecular formula is C17H23F2NO. The molecule has 0 aliphatic heterocycles. The van der Waals surface area contributed by atoms with Gasteiger partial charge in [-0.3, -0.25) is 4.99 Å². The fourth-order valence-corrected chi connectivity index (χ4v) is 2.01. The van der Waals surface area contributed by atoms with Gasteiger partial charge in [0.2, 0.25) is 0 Å². The highest BCUT2D eigenvalue weighted by molar-refractivity contribution is 6.07. The lowest BCUT2D eigenvalue weighted by molar-refractivity contribution is 0.478. The monoisotopic (exact) mass is 295 g/mol. The molecule has 0 saturated carbocycles. The molecule has 0 heterocycles. The third kappa shape index (κ3) is 4.25. The summed E-state index contributed by atoms with van der Waals surface area (Å²) in [6, 6.07) is 1.04. The molecule has 2 nitrogen and oxygen atoms in total. The maximum Gasteiger partial charge on any atom is 0.166 e. The number of hydrogen-bond acceptors (Lipinski definition) is 2. The van der Waals surface area contributed by atoms with Crippen molar-refractivity contribution in [2.45, 2.75) is 27.7 Å². The molecule has 0 atom stereocenters. The van der Waals surface area contributed by atoms with Crippen molar-refractivity contribution >= 4 is 17.9 Å². The number of hydrogen-bond donors (Lipinski definition) is 1. The van der Waals surface area contributed by atoms with Crippen molar-refractivity contribution in [3.8, 4) is 0 Å². The number of nitrogens with zero attached hydrogens (tertiary/aromatic N) is 1. The topological polar surface area (TPSA) is 32.6 Å². The molecule has 1 aromatic rings. The van der Waals surface area contributed by atoms with Gasteiger partial charge in [0, 0.05) is 23.9 Å². The number of aliphatic imine (C=N–C) groups is 1. The first-order chi connectivity index (χ1) is 9.97. The van der Waals surface area contributed by atoms with E-state index >= 15 is 0 Å². The molecule has 0 aliphatic carbocycles. The third-order valence-electron chi connectivity index (χ3n) is 2.79. The second-order valence-corrected chi connectivity index (χ2v) is 4.33. The molecule has 1 aromatic carbocycles. The predicted octanol–water partition coefficient (Wildman–Crippen LogP) is 5.24. The quantitative estimate of drug-likeness (QED) is 0.598. The lowest BCUT2D eigenvalue weighted by Gasteiger charge is -2.17. The van der Waals surface area contributed by atoms with E-state index in [9.17, 15) is 8.78 Å². The van der Waals surface area contributed by atoms with Crippen LogP contribution in [0.2, 0.25) is 0 Å². The molecule has 0 saturated heterocycles. The normalized spacial score (nSPS) is 11.5. The smallest absolute Gasteiger partial charge is 0.166 e. The highest BCUT2D eigenvalue weighted by Gasteiger charge is 2.20. The molecule has 0 aromatic heterocycles. The Morgan fingerprint density at radius 3 is 2.29 bits per heavy atom. The minimum atomic E-state index is -0.981. The van der Waals surface area contributed by atoms with Crippen molar-refractivity contribution < 1.29 is 13.9 Å². The first-order valence-corrected chi connectivity index (χ1v) is 6.90. The molecule has 0 bridgehead atoms. The van der Waals surface area contributed by atoms with E-state index in [4.69, 9.17) is 5.11 Å². The Labute approximate surface area is 125 Å². The van der Waals surface area contributed by atoms with Crippen molar-refractivity contribution in [2.75, 3.05) is 7.05 Å². The summed E-state index contributed by atoms with van der Waals surface area (Å²) in [5.41, 5.74) is 1.51. The van der Waals surface area contributed by atoms with Crippen LogP contribution in [0, 0.1) is 17.6 Å². The Balaban J connectivity index is 0.00000191. The van der Waals surface area contributed by atoms with Gasteiger partial charge in [-0.05, 0) is 23.6 Å². The molecule has 4 heteroatoms. The number of rotatable bonds is 4. The standard InChI is InChI=1S/C15H17F2NO.C2H6/c1-5-11-13(15(18-4)9(2)3)10(6-7-19)8-12(16)14(11)17;1-2/h5-9,19H,1H2,2-4H3;1-2H3/b7-6+,18-15?;. The molecule has 1 rings (SSSR count). The van der Waals surface area contributed by atoms with Gasteiger partial charge in [-0.1, -0.05) is 40.3 Å². The van der Waals surface area contributed by atoms with E-state index in [0.717, 1.165) is 12.3 Å². The van der Waals surface area contributed by atoms with Crippen molar-refractivity contribution in [2.24, 2.45) is 10.9 Å². The maximum atomic E-state index is 13.9. The lowest BCUT2D eigenvalue weighted by atomic mass is 9.90. The largest absolute Gasteiger partial charge is 0.516 e. The minimum Gasteiger partial charge on any atom is -0.516 e. The highest BCUT2D eigenvalue weighted by atomic mass is 19.2. The number of aliphatic hydroxyl groups excluding tert-OH is 1. The van der Waals surface area contributed by atoms with Crippen LogP contribution in [0.1, 0.15) is 44.4 Å². The summed E-state index contributed by atoms with van der Waals surface area (Å²) in [5, 5.41) is 8.90. The van der Waals surface area contributed by atoms with Crippen LogP contribution in [0.25, 0.3) is 12.2 Å². The molecule has 0 amide bonds. The van der Waals surface area contributed by atoms with Gasteiger partial charge in [0.1, 0.15) is 0 Å². The first-order valence-electron chi connectivity index (χ1n) is 6.90. The first kappa shape index (κ1) is 19.0. The van der Waals surface area contributed by atoms with E-state index in [-0.39, 0.29) is 11.5 Å². The van der Waals surface area contributed by atoms with Gasteiger partial charge in [-0.2, -0.15) is 0 Å². The predicted molar refractivity (Wildman–Crippen MR) is 86.8 cm³/mol. The van der Waals surface area contributed by atoms with Crippen LogP contribution in [0.4, 0.5) is 8.78 Å². The van der Waals surface area contributed by atoms with Crippen LogP contribution in [0.15, 0.2) is 23.9 Å². The van der Waals surface area contributed by atoms with Crippen molar-refractivity contribution in [3.05, 3.63) is 47.2 Å². The van der Waals surface area contributed by atoms with Gasteiger partial charge < -0.3 is 5.11 Å². The summed E-state index contributed by atoms with van der Waals surface area (Å²) < 4.78 is 27.4. The van der Waals surface area contributed by atoms with Crippen LogP contribution in [0.5, 0.6) is 0 Å². The Bertz CT molecular complexity index is 546. The Kier molecular flexibility index (Phi) is 8.21. The van der Waals surface area contributed by atoms with Gasteiger partial charge in [0.15, 0.2) is 11.6 Å². The van der Waals surface area contributed by atoms with Crippen LogP contribution in [0.3, 0.4) is 0 Å². The van der Waals surface area contributed by atoms with Crippen molar-refractivity contribution in [3.63, 3.8) is 0 Å². The summed E-state index contributed by atoms with van der Waals surface area (Å²) in [5.74, 6) is -1.91. The minimum absolute atomic E-state index is 0.0272. The zero-order valence-electron chi connectivity index (χ0n) is 13.2. The summed E-state index contributed by atoms with van der Waals surface area (Å²) in [6.07, 6.45) is 3.35. The molecule has 0 fully saturated rings. The fourth-order valence-electron chi connectivity index (χ4n) is 2.01. The van der Waals surface area contributed by atoms with E-state index in [2.05, 4.69) is 11.6 Å². The second-order valence-electron chi connectivity index (χ2n) is 4.33. The SMILES string of the molecule is C=Cc1c(F)c(F)cc(/C=C/O)c1C(=NC)C(C)C.CC. The molecule has 116 valence electrons. The average molecular weight is 295 g/mol. The molecular weight excluding hydrogens is 272 g/mol. The van der Waals surface area contributed by atoms with E-state index < -0.39 is 11.6 Å². The summed E-state index contributed by atoms with van der Waals surface area (Å²) >= 11 is 0. The van der Waals surface area contributed by atoms with E-state index in [1.54, 1.807) is 7.05 Å². The number of benzene rings is 1. The van der Waals surface area contributed by atoms with Crippen molar-refractivity contribution in [1.29, 1.82) is 0 Å². The molecule has 0 radical (unpaired) electrons. The Hall–Kier alpha value is -1.97. The molecule has 0 unspecified atom stereocenters. The molecule has 1 N–H and O–H groups in total. The zero-order valence-corrected chi connectivity index (χ0v) is 13.2. The van der Waals surface area contributed by atoms with E-state index in [1.807, 2.05) is 27.7 Å². The lowest BCUT2D eigenvalue weighted by Crippen LogP contribution is -2.15. The zero-order chi connectivity index (χ0) is 16.6. The van der Waals surface area contributed by atoms with Crippen LogP contribution in [-0.4, -0.2) is 17.9 Å². The van der Waals surface area contributed by atoms with Crippen LogP contribution in [-0.2, 0) is 0 Å². The summed E-state index contributed by atoms with van der Waals surface area (Å²) in [7, 11) is 1.59. The van der Waals surface area contributed by atoms with Gasteiger partial charge in [-0.15, -0.1) is 0 Å². The number of aliphatic hydroxyl groups is 1. The van der Waals surface area contributed by atoms with Gasteiger partial charge in [-0.25, -0.2) is 8.78 Å².